The van der Waals surface area contributed by atoms with Crippen LogP contribution in [0.25, 0.3) is 0 Å². The number of halogens is 4. The Morgan fingerprint density at radius 3 is 2.27 bits per heavy atom. The van der Waals surface area contributed by atoms with Gasteiger partial charge >= 0.3 is 0 Å². The predicted molar refractivity (Wildman–Crippen MR) is 142 cm³/mol. The van der Waals surface area contributed by atoms with Gasteiger partial charge < -0.3 is 10.2 Å². The summed E-state index contributed by atoms with van der Waals surface area (Å²) >= 11 is 12.1. The highest BCUT2D eigenvalue weighted by Gasteiger charge is 2.27. The van der Waals surface area contributed by atoms with Crippen molar-refractivity contribution in [1.82, 2.24) is 10.2 Å². The second kappa shape index (κ2) is 13.4. The van der Waals surface area contributed by atoms with Gasteiger partial charge in [-0.1, -0.05) is 36.2 Å². The molecule has 0 aromatic heterocycles. The van der Waals surface area contributed by atoms with Crippen molar-refractivity contribution >= 4 is 50.7 Å². The highest BCUT2D eigenvalue weighted by atomic mass is 35.5. The Bertz CT molecular complexity index is 1230. The predicted octanol–water partition coefficient (Wildman–Crippen LogP) is 5.15. The van der Waals surface area contributed by atoms with Crippen LogP contribution in [0.3, 0.4) is 0 Å². The lowest BCUT2D eigenvalue weighted by Gasteiger charge is -2.30. The van der Waals surface area contributed by atoms with Gasteiger partial charge in [0, 0.05) is 31.6 Å². The first-order valence-corrected chi connectivity index (χ1v) is 14.3. The van der Waals surface area contributed by atoms with Crippen molar-refractivity contribution in [2.24, 2.45) is 0 Å². The quantitative estimate of drug-likeness (QED) is 0.378. The lowest BCUT2D eigenvalue weighted by molar-refractivity contribution is -0.140. The molecule has 0 saturated carbocycles. The van der Waals surface area contributed by atoms with Crippen LogP contribution in [0.5, 0.6) is 0 Å². The maximum absolute atomic E-state index is 13.7. The zero-order valence-electron chi connectivity index (χ0n) is 21.1. The zero-order chi connectivity index (χ0) is 27.9. The van der Waals surface area contributed by atoms with Gasteiger partial charge in [-0.05, 0) is 56.5 Å². The van der Waals surface area contributed by atoms with Crippen molar-refractivity contribution in [3.63, 3.8) is 0 Å². The summed E-state index contributed by atoms with van der Waals surface area (Å²) in [5.74, 6) is -3.01. The summed E-state index contributed by atoms with van der Waals surface area (Å²) in [7, 11) is -3.84. The fraction of sp³-hybridized carbons (Fsp3) is 0.440. The van der Waals surface area contributed by atoms with Gasteiger partial charge in [0.2, 0.25) is 21.8 Å². The van der Waals surface area contributed by atoms with E-state index in [1.165, 1.54) is 4.90 Å². The van der Waals surface area contributed by atoms with E-state index in [-0.39, 0.29) is 43.6 Å². The second-order valence-corrected chi connectivity index (χ2v) is 11.5. The normalized spacial score (nSPS) is 13.1. The number of rotatable bonds is 12. The third-order valence-electron chi connectivity index (χ3n) is 5.85. The van der Waals surface area contributed by atoms with Gasteiger partial charge in [0.1, 0.15) is 6.04 Å². The molecule has 2 rings (SSSR count). The standard InChI is InChI=1S/C25H31Cl2F2N3O4S/c1-5-16(2)30-25(34)17(3)31(15-18-8-10-20(26)21(27)13-18)24(33)7-6-12-32(37(4,35)36)19-9-11-22(28)23(29)14-19/h8-11,13-14,16-17H,5-7,12,15H2,1-4H3,(H,30,34). The maximum Gasteiger partial charge on any atom is 0.242 e. The number of nitrogens with zero attached hydrogens (tertiary/aromatic N) is 2. The summed E-state index contributed by atoms with van der Waals surface area (Å²) in [5.41, 5.74) is 0.605. The third kappa shape index (κ3) is 8.83. The number of carbonyl (C=O) groups excluding carboxylic acids is 2. The molecule has 37 heavy (non-hydrogen) atoms. The molecule has 0 radical (unpaired) electrons. The molecule has 2 atom stereocenters. The van der Waals surface area contributed by atoms with Gasteiger partial charge in [-0.2, -0.15) is 0 Å². The van der Waals surface area contributed by atoms with Gasteiger partial charge in [-0.25, -0.2) is 17.2 Å². The van der Waals surface area contributed by atoms with Crippen LogP contribution in [0.15, 0.2) is 36.4 Å². The van der Waals surface area contributed by atoms with Gasteiger partial charge in [0.05, 0.1) is 22.0 Å². The van der Waals surface area contributed by atoms with Crippen molar-refractivity contribution in [2.75, 3.05) is 17.1 Å². The number of benzene rings is 2. The fourth-order valence-corrected chi connectivity index (χ4v) is 4.80. The second-order valence-electron chi connectivity index (χ2n) is 8.80. The first-order chi connectivity index (χ1) is 17.2. The molecule has 2 aromatic carbocycles. The molecule has 0 fully saturated rings. The van der Waals surface area contributed by atoms with Crippen molar-refractivity contribution in [1.29, 1.82) is 0 Å². The molecule has 0 aliphatic heterocycles. The largest absolute Gasteiger partial charge is 0.352 e. The molecule has 204 valence electrons. The van der Waals surface area contributed by atoms with Crippen LogP contribution < -0.4 is 9.62 Å². The van der Waals surface area contributed by atoms with Crippen LogP contribution >= 0.6 is 23.2 Å². The van der Waals surface area contributed by atoms with Crippen molar-refractivity contribution in [3.8, 4) is 0 Å². The average molecular weight is 579 g/mol. The van der Waals surface area contributed by atoms with E-state index in [1.807, 2.05) is 13.8 Å². The number of amides is 2. The molecule has 2 unspecified atom stereocenters. The van der Waals surface area contributed by atoms with E-state index in [2.05, 4.69) is 5.32 Å². The smallest absolute Gasteiger partial charge is 0.242 e. The minimum Gasteiger partial charge on any atom is -0.352 e. The molecule has 0 aliphatic carbocycles. The van der Waals surface area contributed by atoms with E-state index in [9.17, 15) is 26.8 Å². The van der Waals surface area contributed by atoms with Gasteiger partial charge in [-0.3, -0.25) is 13.9 Å². The Hall–Kier alpha value is -2.43. The van der Waals surface area contributed by atoms with Gasteiger partial charge in [-0.15, -0.1) is 0 Å². The van der Waals surface area contributed by atoms with Crippen molar-refractivity contribution < 1.29 is 26.8 Å². The lowest BCUT2D eigenvalue weighted by atomic mass is 10.1. The first kappa shape index (κ1) is 30.8. The molecule has 2 aromatic rings. The Kier molecular flexibility index (Phi) is 11.1. The summed E-state index contributed by atoms with van der Waals surface area (Å²) in [6.07, 6.45) is 1.62. The summed E-state index contributed by atoms with van der Waals surface area (Å²) in [4.78, 5) is 27.5. The lowest BCUT2D eigenvalue weighted by Crippen LogP contribution is -2.49. The van der Waals surface area contributed by atoms with Crippen LogP contribution in [0.2, 0.25) is 10.0 Å². The zero-order valence-corrected chi connectivity index (χ0v) is 23.4. The summed E-state index contributed by atoms with van der Waals surface area (Å²) < 4.78 is 52.6. The monoisotopic (exact) mass is 577 g/mol. The summed E-state index contributed by atoms with van der Waals surface area (Å²) in [6, 6.07) is 6.77. The van der Waals surface area contributed by atoms with Crippen molar-refractivity contribution in [3.05, 3.63) is 63.6 Å². The number of sulfonamides is 1. The van der Waals surface area contributed by atoms with E-state index in [0.29, 0.717) is 22.0 Å². The molecule has 0 aliphatic rings. The molecular weight excluding hydrogens is 547 g/mol. The minimum absolute atomic E-state index is 0.0530. The molecule has 0 heterocycles. The van der Waals surface area contributed by atoms with Crippen LogP contribution in [0, 0.1) is 11.6 Å². The number of hydrogen-bond donors (Lipinski definition) is 1. The number of nitrogens with one attached hydrogen (secondary N) is 1. The highest BCUT2D eigenvalue weighted by Crippen LogP contribution is 2.25. The Labute approximate surface area is 226 Å². The summed E-state index contributed by atoms with van der Waals surface area (Å²) in [5, 5.41) is 3.52. The van der Waals surface area contributed by atoms with E-state index in [1.54, 1.807) is 25.1 Å². The number of anilines is 1. The Morgan fingerprint density at radius 2 is 1.70 bits per heavy atom. The minimum atomic E-state index is -3.84. The van der Waals surface area contributed by atoms with Gasteiger partial charge in [0.15, 0.2) is 11.6 Å². The van der Waals surface area contributed by atoms with Crippen LogP contribution in [-0.2, 0) is 26.2 Å². The Morgan fingerprint density at radius 1 is 1.03 bits per heavy atom. The van der Waals surface area contributed by atoms with Gasteiger partial charge in [0.25, 0.3) is 0 Å². The molecule has 12 heteroatoms. The van der Waals surface area contributed by atoms with Crippen LogP contribution in [0.1, 0.15) is 45.6 Å². The molecule has 0 bridgehead atoms. The molecule has 2 amide bonds. The molecule has 0 saturated heterocycles. The summed E-state index contributed by atoms with van der Waals surface area (Å²) in [6.45, 7) is 5.31. The number of hydrogen-bond acceptors (Lipinski definition) is 4. The topological polar surface area (TPSA) is 86.8 Å². The molecule has 1 N–H and O–H groups in total. The van der Waals surface area contributed by atoms with Crippen LogP contribution in [0.4, 0.5) is 14.5 Å². The molecular formula is C25H31Cl2F2N3O4S. The maximum atomic E-state index is 13.7. The molecule has 7 nitrogen and oxygen atoms in total. The van der Waals surface area contributed by atoms with E-state index < -0.39 is 33.6 Å². The SMILES string of the molecule is CCC(C)NC(=O)C(C)N(Cc1ccc(Cl)c(Cl)c1)C(=O)CCCN(c1ccc(F)c(F)c1)S(C)(=O)=O. The first-order valence-electron chi connectivity index (χ1n) is 11.7. The number of carbonyl (C=O) groups is 2. The van der Waals surface area contributed by atoms with E-state index in [4.69, 9.17) is 23.2 Å². The average Bonchev–Trinajstić information content (AvgIpc) is 2.82. The Balaban J connectivity index is 2.22. The van der Waals surface area contributed by atoms with E-state index in [0.717, 1.165) is 28.8 Å². The molecule has 0 spiro atoms. The van der Waals surface area contributed by atoms with Crippen molar-refractivity contribution in [2.45, 2.75) is 58.7 Å². The third-order valence-corrected chi connectivity index (χ3v) is 7.78. The van der Waals surface area contributed by atoms with Crippen LogP contribution in [-0.4, -0.2) is 50.0 Å². The highest BCUT2D eigenvalue weighted by molar-refractivity contribution is 7.92. The van der Waals surface area contributed by atoms with E-state index >= 15 is 0 Å². The fourth-order valence-electron chi connectivity index (χ4n) is 3.53.